The summed E-state index contributed by atoms with van der Waals surface area (Å²) >= 11 is 0. The molecule has 0 radical (unpaired) electrons. The zero-order valence-corrected chi connectivity index (χ0v) is 16.1. The predicted octanol–water partition coefficient (Wildman–Crippen LogP) is 1.66. The molecule has 0 aliphatic carbocycles. The Hall–Kier alpha value is -0.0100. The zero-order chi connectivity index (χ0) is 17.7. The highest BCUT2D eigenvalue weighted by atomic mass is 31.2. The third-order valence-electron chi connectivity index (χ3n) is 3.87. The van der Waals surface area contributed by atoms with Crippen molar-refractivity contribution < 1.29 is 18.9 Å². The van der Waals surface area contributed by atoms with Gasteiger partial charge in [-0.15, -0.1) is 0 Å². The van der Waals surface area contributed by atoms with E-state index in [2.05, 4.69) is 18.7 Å². The number of hydrogen-bond donors (Lipinski definition) is 2. The molecule has 1 aliphatic heterocycles. The Bertz CT molecular complexity index is 404. The van der Waals surface area contributed by atoms with Crippen LogP contribution in [0.5, 0.6) is 0 Å². The number of piperazine rings is 1. The van der Waals surface area contributed by atoms with Crippen molar-refractivity contribution in [2.45, 2.75) is 52.2 Å². The van der Waals surface area contributed by atoms with Crippen LogP contribution in [0.15, 0.2) is 0 Å². The van der Waals surface area contributed by atoms with Crippen LogP contribution in [-0.2, 0) is 13.8 Å². The minimum absolute atomic E-state index is 0.292. The first-order valence-corrected chi connectivity index (χ1v) is 9.97. The molecule has 0 saturated carbocycles. The number of aliphatic hydroxyl groups is 1. The highest BCUT2D eigenvalue weighted by Crippen LogP contribution is 2.42. The van der Waals surface area contributed by atoms with Gasteiger partial charge in [-0.05, 0) is 41.0 Å². The molecule has 7 nitrogen and oxygen atoms in total. The first-order valence-electron chi connectivity index (χ1n) is 8.32. The van der Waals surface area contributed by atoms with E-state index < -0.39 is 13.3 Å². The topological polar surface area (TPSA) is 88.3 Å². The fraction of sp³-hybridized carbons (Fsp3) is 1.00. The Morgan fingerprint density at radius 1 is 1.17 bits per heavy atom. The lowest BCUT2D eigenvalue weighted by molar-refractivity contribution is -0.0642. The van der Waals surface area contributed by atoms with Crippen molar-refractivity contribution in [3.63, 3.8) is 0 Å². The Morgan fingerprint density at radius 3 is 2.22 bits per heavy atom. The first-order chi connectivity index (χ1) is 10.5. The molecule has 1 aliphatic rings. The minimum atomic E-state index is -3.13. The van der Waals surface area contributed by atoms with E-state index in [9.17, 15) is 9.67 Å². The van der Waals surface area contributed by atoms with Gasteiger partial charge in [0.25, 0.3) is 0 Å². The van der Waals surface area contributed by atoms with Gasteiger partial charge in [0, 0.05) is 32.7 Å². The van der Waals surface area contributed by atoms with Crippen molar-refractivity contribution in [3.8, 4) is 0 Å². The second kappa shape index (κ2) is 8.39. The van der Waals surface area contributed by atoms with Crippen LogP contribution in [0.25, 0.3) is 0 Å². The van der Waals surface area contributed by atoms with E-state index >= 15 is 0 Å². The fourth-order valence-corrected chi connectivity index (χ4v) is 3.87. The smallest absolute Gasteiger partial charge is 0.340 e. The number of rotatable bonds is 9. The van der Waals surface area contributed by atoms with Crippen LogP contribution >= 0.6 is 7.67 Å². The maximum atomic E-state index is 12.2. The van der Waals surface area contributed by atoms with Gasteiger partial charge in [0.1, 0.15) is 0 Å². The van der Waals surface area contributed by atoms with Crippen LogP contribution < -0.4 is 5.50 Å². The summed E-state index contributed by atoms with van der Waals surface area (Å²) in [6.07, 6.45) is 0.606. The van der Waals surface area contributed by atoms with Crippen LogP contribution in [0.2, 0.25) is 0 Å². The van der Waals surface area contributed by atoms with Gasteiger partial charge in [0.05, 0.1) is 24.4 Å². The van der Waals surface area contributed by atoms with Gasteiger partial charge in [-0.25, -0.2) is 10.2 Å². The van der Waals surface area contributed by atoms with Gasteiger partial charge in [0.2, 0.25) is 0 Å². The third kappa shape index (κ3) is 8.07. The Kier molecular flexibility index (Phi) is 7.67. The molecule has 0 aromatic heterocycles. The SMILES string of the molecule is CCOP(N)(=O)N1CCN(CC(C)(C)OCCC(C)(C)O)CC1. The molecule has 1 saturated heterocycles. The maximum absolute atomic E-state index is 12.2. The maximum Gasteiger partial charge on any atom is 0.340 e. The summed E-state index contributed by atoms with van der Waals surface area (Å²) in [7, 11) is -3.13. The largest absolute Gasteiger partial charge is 0.390 e. The van der Waals surface area contributed by atoms with Crippen molar-refractivity contribution in [3.05, 3.63) is 0 Å². The summed E-state index contributed by atoms with van der Waals surface area (Å²) in [5.41, 5.74) is 4.78. The molecular formula is C15H34N3O4P. The van der Waals surface area contributed by atoms with Crippen LogP contribution in [0.1, 0.15) is 41.0 Å². The average Bonchev–Trinajstić information content (AvgIpc) is 2.36. The van der Waals surface area contributed by atoms with Crippen molar-refractivity contribution >= 4 is 7.67 Å². The molecular weight excluding hydrogens is 317 g/mol. The molecule has 1 rings (SSSR count). The van der Waals surface area contributed by atoms with E-state index in [-0.39, 0.29) is 5.60 Å². The van der Waals surface area contributed by atoms with E-state index in [4.69, 9.17) is 14.8 Å². The Balaban J connectivity index is 2.38. The molecule has 8 heteroatoms. The molecule has 1 fully saturated rings. The fourth-order valence-electron chi connectivity index (χ4n) is 2.60. The first kappa shape index (κ1) is 21.0. The quantitative estimate of drug-likeness (QED) is 0.611. The second-order valence-electron chi connectivity index (χ2n) is 7.38. The number of nitrogens with zero attached hydrogens (tertiary/aromatic N) is 2. The van der Waals surface area contributed by atoms with Crippen molar-refractivity contribution in [2.24, 2.45) is 5.50 Å². The van der Waals surface area contributed by atoms with Gasteiger partial charge in [0.15, 0.2) is 0 Å². The lowest BCUT2D eigenvalue weighted by Crippen LogP contribution is -2.50. The summed E-state index contributed by atoms with van der Waals surface area (Å²) in [5, 5.41) is 9.74. The summed E-state index contributed by atoms with van der Waals surface area (Å²) in [6, 6.07) is 0. The highest BCUT2D eigenvalue weighted by Gasteiger charge is 2.32. The summed E-state index contributed by atoms with van der Waals surface area (Å²) in [5.74, 6) is 0. The van der Waals surface area contributed by atoms with Crippen molar-refractivity contribution in [1.82, 2.24) is 9.57 Å². The number of ether oxygens (including phenoxy) is 1. The molecule has 0 aromatic carbocycles. The molecule has 0 spiro atoms. The lowest BCUT2D eigenvalue weighted by Gasteiger charge is -2.40. The second-order valence-corrected chi connectivity index (χ2v) is 9.33. The predicted molar refractivity (Wildman–Crippen MR) is 92.4 cm³/mol. The van der Waals surface area contributed by atoms with E-state index in [1.54, 1.807) is 25.4 Å². The average molecular weight is 351 g/mol. The minimum Gasteiger partial charge on any atom is -0.390 e. The Labute approximate surface area is 140 Å². The van der Waals surface area contributed by atoms with Gasteiger partial charge < -0.3 is 14.4 Å². The van der Waals surface area contributed by atoms with E-state index in [1.807, 2.05) is 0 Å². The summed E-state index contributed by atoms with van der Waals surface area (Å²) in [6.45, 7) is 14.0. The number of nitrogens with two attached hydrogens (primary N) is 1. The molecule has 138 valence electrons. The molecule has 23 heavy (non-hydrogen) atoms. The van der Waals surface area contributed by atoms with E-state index in [0.717, 1.165) is 19.6 Å². The van der Waals surface area contributed by atoms with Crippen LogP contribution in [0, 0.1) is 0 Å². The Morgan fingerprint density at radius 2 is 1.74 bits per heavy atom. The molecule has 1 atom stereocenters. The monoisotopic (exact) mass is 351 g/mol. The third-order valence-corrected chi connectivity index (χ3v) is 5.68. The summed E-state index contributed by atoms with van der Waals surface area (Å²) in [4.78, 5) is 2.28. The molecule has 3 N–H and O–H groups in total. The molecule has 0 aromatic rings. The van der Waals surface area contributed by atoms with Crippen LogP contribution in [0.4, 0.5) is 0 Å². The lowest BCUT2D eigenvalue weighted by atomic mass is 10.1. The van der Waals surface area contributed by atoms with Crippen molar-refractivity contribution in [2.75, 3.05) is 45.9 Å². The van der Waals surface area contributed by atoms with Crippen LogP contribution in [-0.4, -0.2) is 71.8 Å². The normalized spacial score (nSPS) is 21.3. The van der Waals surface area contributed by atoms with Gasteiger partial charge in [-0.2, -0.15) is 0 Å². The molecule has 0 amide bonds. The molecule has 1 unspecified atom stereocenters. The van der Waals surface area contributed by atoms with Gasteiger partial charge in [-0.1, -0.05) is 0 Å². The van der Waals surface area contributed by atoms with Crippen LogP contribution in [0.3, 0.4) is 0 Å². The highest BCUT2D eigenvalue weighted by molar-refractivity contribution is 7.53. The molecule has 0 bridgehead atoms. The standard InChI is InChI=1S/C15H34N3O4P/c1-6-22-23(16,20)18-10-8-17(9-11-18)13-15(4,5)21-12-7-14(2,3)19/h19H,6-13H2,1-5H3,(H2,16,20). The van der Waals surface area contributed by atoms with Gasteiger partial charge >= 0.3 is 7.67 Å². The zero-order valence-electron chi connectivity index (χ0n) is 15.2. The summed E-state index contributed by atoms with van der Waals surface area (Å²) < 4.78 is 25.1. The molecule has 1 heterocycles. The van der Waals surface area contributed by atoms with E-state index in [1.165, 1.54) is 0 Å². The number of hydrogen-bond acceptors (Lipinski definition) is 5. The van der Waals surface area contributed by atoms with Crippen molar-refractivity contribution in [1.29, 1.82) is 0 Å². The van der Waals surface area contributed by atoms with Gasteiger partial charge in [-0.3, -0.25) is 9.46 Å². The van der Waals surface area contributed by atoms with E-state index in [0.29, 0.717) is 32.7 Å².